The van der Waals surface area contributed by atoms with Crippen molar-refractivity contribution in [1.82, 2.24) is 0 Å². The molecule has 2 aromatic carbocycles. The summed E-state index contributed by atoms with van der Waals surface area (Å²) in [6, 6.07) is 17.0. The number of benzene rings is 2. The molecule has 2 fully saturated rings. The Balaban J connectivity index is 0.00000280. The van der Waals surface area contributed by atoms with E-state index >= 15 is 0 Å². The lowest BCUT2D eigenvalue weighted by molar-refractivity contribution is -0.916. The Morgan fingerprint density at radius 1 is 0.625 bits per heavy atom. The fourth-order valence-electron chi connectivity index (χ4n) is 5.20. The molecule has 40 heavy (non-hydrogen) atoms. The van der Waals surface area contributed by atoms with Crippen molar-refractivity contribution >= 4 is 11.1 Å². The Labute approximate surface area is 275 Å². The first kappa shape index (κ1) is 35.0. The Hall–Kier alpha value is -1.18. The summed E-state index contributed by atoms with van der Waals surface area (Å²) in [5.74, 6) is 1.83. The second-order valence-corrected chi connectivity index (χ2v) is 11.0. The summed E-state index contributed by atoms with van der Waals surface area (Å²) in [5, 5.41) is 0. The minimum atomic E-state index is 0. The fourth-order valence-corrected chi connectivity index (χ4v) is 5.20. The van der Waals surface area contributed by atoms with Gasteiger partial charge in [0.1, 0.15) is 64.0 Å². The predicted octanol–water partition coefficient (Wildman–Crippen LogP) is -1.09. The van der Waals surface area contributed by atoms with Crippen LogP contribution >= 0.6 is 0 Å². The molecular formula is C32H46I2N2O4. The summed E-state index contributed by atoms with van der Waals surface area (Å²) < 4.78 is 25.2. The van der Waals surface area contributed by atoms with Gasteiger partial charge >= 0.3 is 0 Å². The molecule has 0 aromatic heterocycles. The number of quaternary nitrogens is 2. The number of nitrogens with zero attached hydrogens (tertiary/aromatic N) is 2. The van der Waals surface area contributed by atoms with Crippen LogP contribution in [0, 0.1) is 0 Å². The molecule has 0 unspecified atom stereocenters. The number of morpholine rings is 2. The highest BCUT2D eigenvalue weighted by molar-refractivity contribution is 6.04. The lowest BCUT2D eigenvalue weighted by Gasteiger charge is -2.37. The highest BCUT2D eigenvalue weighted by atomic mass is 127. The second kappa shape index (κ2) is 17.1. The van der Waals surface area contributed by atoms with Gasteiger partial charge in [-0.05, 0) is 60.4 Å². The van der Waals surface area contributed by atoms with Crippen LogP contribution in [0.2, 0.25) is 0 Å². The van der Waals surface area contributed by atoms with Crippen LogP contribution in [0.1, 0.15) is 25.0 Å². The minimum absolute atomic E-state index is 0. The molecule has 0 radical (unpaired) electrons. The average molecular weight is 777 g/mol. The van der Waals surface area contributed by atoms with Gasteiger partial charge in [0.25, 0.3) is 0 Å². The largest absolute Gasteiger partial charge is 1.00 e. The first-order chi connectivity index (χ1) is 18.4. The Morgan fingerprint density at radius 2 is 0.950 bits per heavy atom. The molecule has 2 aliphatic rings. The molecule has 0 atom stereocenters. The van der Waals surface area contributed by atoms with Gasteiger partial charge in [-0.25, -0.2) is 0 Å². The van der Waals surface area contributed by atoms with Gasteiger partial charge in [-0.3, -0.25) is 0 Å². The maximum absolute atomic E-state index is 6.09. The zero-order chi connectivity index (χ0) is 26.8. The van der Waals surface area contributed by atoms with E-state index in [2.05, 4.69) is 88.6 Å². The van der Waals surface area contributed by atoms with Crippen LogP contribution in [0.15, 0.2) is 60.7 Å². The Morgan fingerprint density at radius 3 is 1.25 bits per heavy atom. The van der Waals surface area contributed by atoms with E-state index in [9.17, 15) is 0 Å². The van der Waals surface area contributed by atoms with E-state index in [1.54, 1.807) is 0 Å². The average Bonchev–Trinajstić information content (AvgIpc) is 2.93. The van der Waals surface area contributed by atoms with Crippen LogP contribution in [0.3, 0.4) is 0 Å². The third-order valence-electron chi connectivity index (χ3n) is 8.10. The maximum Gasteiger partial charge on any atom is 0.137 e. The molecule has 0 aliphatic carbocycles. The van der Waals surface area contributed by atoms with E-state index in [0.717, 1.165) is 86.2 Å². The third kappa shape index (κ3) is 9.97. The van der Waals surface area contributed by atoms with Gasteiger partial charge in [-0.2, -0.15) is 0 Å². The van der Waals surface area contributed by atoms with Gasteiger partial charge in [0, 0.05) is 0 Å². The smallest absolute Gasteiger partial charge is 0.137 e. The van der Waals surface area contributed by atoms with Crippen molar-refractivity contribution < 1.29 is 75.9 Å². The molecule has 2 saturated heterocycles. The van der Waals surface area contributed by atoms with E-state index < -0.39 is 0 Å². The van der Waals surface area contributed by atoms with Crippen molar-refractivity contribution in [3.63, 3.8) is 0 Å². The highest BCUT2D eigenvalue weighted by Crippen LogP contribution is 2.33. The maximum atomic E-state index is 6.09. The molecule has 2 aromatic rings. The van der Waals surface area contributed by atoms with Gasteiger partial charge in [0.2, 0.25) is 0 Å². The zero-order valence-electron chi connectivity index (χ0n) is 24.5. The summed E-state index contributed by atoms with van der Waals surface area (Å²) >= 11 is 0. The molecule has 0 saturated carbocycles. The van der Waals surface area contributed by atoms with E-state index in [0.29, 0.717) is 13.2 Å². The Kier molecular flexibility index (Phi) is 14.9. The quantitative estimate of drug-likeness (QED) is 0.166. The minimum Gasteiger partial charge on any atom is -1.00 e. The van der Waals surface area contributed by atoms with Crippen LogP contribution in [0.4, 0.5) is 0 Å². The van der Waals surface area contributed by atoms with Gasteiger partial charge in [-0.1, -0.05) is 36.4 Å². The molecule has 0 amide bonds. The van der Waals surface area contributed by atoms with Crippen LogP contribution in [-0.2, 0) is 9.47 Å². The highest BCUT2D eigenvalue weighted by Gasteiger charge is 2.26. The summed E-state index contributed by atoms with van der Waals surface area (Å²) in [6.07, 6.45) is 4.37. The lowest BCUT2D eigenvalue weighted by Crippen LogP contribution is -3.00. The summed E-state index contributed by atoms with van der Waals surface area (Å²) in [7, 11) is 4.58. The number of hydrogen-bond donors (Lipinski definition) is 0. The molecule has 222 valence electrons. The van der Waals surface area contributed by atoms with Crippen molar-refractivity contribution in [2.45, 2.75) is 13.8 Å². The van der Waals surface area contributed by atoms with E-state index in [1.807, 2.05) is 0 Å². The second-order valence-electron chi connectivity index (χ2n) is 11.0. The predicted molar refractivity (Wildman–Crippen MR) is 154 cm³/mol. The summed E-state index contributed by atoms with van der Waals surface area (Å²) in [4.78, 5) is 0. The number of allylic oxidation sites excluding steroid dienone is 4. The SMILES string of the molecule is C/C=C(\C(=C/C)c1ccc(OCC[N+]2(C)CCOCC2)cc1)c1ccc(OCC[N+]2(C)CCOCC2)cc1.[I-].[I-]. The molecule has 0 bridgehead atoms. The zero-order valence-corrected chi connectivity index (χ0v) is 28.9. The van der Waals surface area contributed by atoms with E-state index in [1.165, 1.54) is 22.3 Å². The van der Waals surface area contributed by atoms with Gasteiger partial charge < -0.3 is 75.9 Å². The fraction of sp³-hybridized carbons (Fsp3) is 0.500. The number of ether oxygens (including phenoxy) is 4. The monoisotopic (exact) mass is 776 g/mol. The summed E-state index contributed by atoms with van der Waals surface area (Å²) in [6.45, 7) is 15.2. The van der Waals surface area contributed by atoms with Crippen LogP contribution in [0.5, 0.6) is 11.5 Å². The first-order valence-electron chi connectivity index (χ1n) is 14.1. The number of rotatable bonds is 11. The molecular weight excluding hydrogens is 730 g/mol. The molecule has 6 nitrogen and oxygen atoms in total. The molecule has 8 heteroatoms. The molecule has 4 rings (SSSR count). The summed E-state index contributed by atoms with van der Waals surface area (Å²) in [5.41, 5.74) is 4.79. The van der Waals surface area contributed by atoms with Crippen LogP contribution in [-0.4, -0.2) is 102 Å². The standard InChI is InChI=1S/C32H46N2O4.2HI/c1-5-31(27-7-11-29(12-8-27)37-25-19-33(3)15-21-35-22-16-33)32(6-2)28-9-13-30(14-10-28)38-26-20-34(4)17-23-36-24-18-34;;/h5-14H,15-26H2,1-4H3;2*1H/q+2;;/p-2/b31-5-,32-6-;;. The van der Waals surface area contributed by atoms with Gasteiger partial charge in [0.15, 0.2) is 0 Å². The van der Waals surface area contributed by atoms with Gasteiger partial charge in [-0.15, -0.1) is 0 Å². The molecule has 2 aliphatic heterocycles. The number of likely N-dealkylation sites (N-methyl/N-ethyl adjacent to an activating group) is 2. The topological polar surface area (TPSA) is 36.9 Å². The molecule has 0 N–H and O–H groups in total. The third-order valence-corrected chi connectivity index (χ3v) is 8.10. The van der Waals surface area contributed by atoms with Crippen molar-refractivity contribution in [3.05, 3.63) is 71.8 Å². The van der Waals surface area contributed by atoms with E-state index in [-0.39, 0.29) is 48.0 Å². The Bertz CT molecular complexity index is 988. The molecule has 2 heterocycles. The van der Waals surface area contributed by atoms with E-state index in [4.69, 9.17) is 18.9 Å². The van der Waals surface area contributed by atoms with Gasteiger partial charge in [0.05, 0.1) is 40.5 Å². The number of halogens is 2. The van der Waals surface area contributed by atoms with Crippen molar-refractivity contribution in [2.24, 2.45) is 0 Å². The number of hydrogen-bond acceptors (Lipinski definition) is 4. The van der Waals surface area contributed by atoms with Crippen LogP contribution in [0.25, 0.3) is 11.1 Å². The van der Waals surface area contributed by atoms with Crippen molar-refractivity contribution in [1.29, 1.82) is 0 Å². The lowest BCUT2D eigenvalue weighted by atomic mass is 9.92. The normalized spacial score (nSPS) is 18.7. The van der Waals surface area contributed by atoms with Crippen LogP contribution < -0.4 is 57.4 Å². The first-order valence-corrected chi connectivity index (χ1v) is 14.1. The molecule has 0 spiro atoms. The van der Waals surface area contributed by atoms with Crippen molar-refractivity contribution in [2.75, 3.05) is 93.0 Å². The van der Waals surface area contributed by atoms with Crippen molar-refractivity contribution in [3.8, 4) is 11.5 Å².